The fraction of sp³-hybridized carbons (Fsp3) is 0.278. The molecule has 0 aliphatic carbocycles. The van der Waals surface area contributed by atoms with Crippen molar-refractivity contribution in [2.45, 2.75) is 6.92 Å². The van der Waals surface area contributed by atoms with Crippen LogP contribution >= 0.6 is 0 Å². The number of oxazole rings is 1. The monoisotopic (exact) mass is 350 g/mol. The summed E-state index contributed by atoms with van der Waals surface area (Å²) in [7, 11) is 0. The third kappa shape index (κ3) is 3.39. The van der Waals surface area contributed by atoms with Gasteiger partial charge in [-0.1, -0.05) is 0 Å². The molecular formula is C18H18N6O2. The molecule has 132 valence electrons. The SMILES string of the molecule is Cc1nc(C(=O)NCC2CN(c3ccc(-c4ccncc4)nn3)C2)co1. The van der Waals surface area contributed by atoms with Crippen molar-refractivity contribution in [3.8, 4) is 11.3 Å². The predicted octanol–water partition coefficient (Wildman–Crippen LogP) is 1.70. The third-order valence-electron chi connectivity index (χ3n) is 4.31. The summed E-state index contributed by atoms with van der Waals surface area (Å²) >= 11 is 0. The quantitative estimate of drug-likeness (QED) is 0.748. The van der Waals surface area contributed by atoms with Crippen LogP contribution in [0.3, 0.4) is 0 Å². The Hall–Kier alpha value is -3.29. The molecule has 0 aromatic carbocycles. The number of carbonyl (C=O) groups is 1. The van der Waals surface area contributed by atoms with Gasteiger partial charge in [0.1, 0.15) is 6.26 Å². The van der Waals surface area contributed by atoms with Crippen LogP contribution in [0.4, 0.5) is 5.82 Å². The van der Waals surface area contributed by atoms with Crippen molar-refractivity contribution in [1.82, 2.24) is 25.5 Å². The van der Waals surface area contributed by atoms with E-state index in [1.807, 2.05) is 24.3 Å². The van der Waals surface area contributed by atoms with E-state index in [1.54, 1.807) is 19.3 Å². The molecule has 26 heavy (non-hydrogen) atoms. The Bertz CT molecular complexity index is 888. The van der Waals surface area contributed by atoms with E-state index in [0.29, 0.717) is 24.0 Å². The van der Waals surface area contributed by atoms with E-state index < -0.39 is 0 Å². The van der Waals surface area contributed by atoms with Crippen LogP contribution in [-0.2, 0) is 0 Å². The lowest BCUT2D eigenvalue weighted by molar-refractivity contribution is 0.0939. The van der Waals surface area contributed by atoms with Gasteiger partial charge in [0.2, 0.25) is 0 Å². The van der Waals surface area contributed by atoms with Gasteiger partial charge < -0.3 is 14.6 Å². The van der Waals surface area contributed by atoms with Crippen molar-refractivity contribution >= 4 is 11.7 Å². The Labute approximate surface area is 150 Å². The van der Waals surface area contributed by atoms with E-state index in [0.717, 1.165) is 30.2 Å². The Balaban J connectivity index is 1.27. The van der Waals surface area contributed by atoms with Gasteiger partial charge in [0.15, 0.2) is 17.4 Å². The number of hydrogen-bond acceptors (Lipinski definition) is 7. The van der Waals surface area contributed by atoms with E-state index in [9.17, 15) is 4.79 Å². The molecule has 1 fully saturated rings. The maximum absolute atomic E-state index is 12.0. The minimum atomic E-state index is -0.207. The van der Waals surface area contributed by atoms with Crippen LogP contribution < -0.4 is 10.2 Å². The van der Waals surface area contributed by atoms with Crippen molar-refractivity contribution in [2.75, 3.05) is 24.5 Å². The number of rotatable bonds is 5. The molecule has 1 aliphatic heterocycles. The summed E-state index contributed by atoms with van der Waals surface area (Å²) in [5, 5.41) is 11.5. The molecular weight excluding hydrogens is 332 g/mol. The van der Waals surface area contributed by atoms with Gasteiger partial charge in [0, 0.05) is 50.4 Å². The first kappa shape index (κ1) is 16.2. The van der Waals surface area contributed by atoms with Crippen LogP contribution in [-0.4, -0.2) is 45.7 Å². The molecule has 1 aliphatic rings. The highest BCUT2D eigenvalue weighted by molar-refractivity contribution is 5.91. The molecule has 0 unspecified atom stereocenters. The number of anilines is 1. The Morgan fingerprint density at radius 2 is 2.04 bits per heavy atom. The molecule has 0 radical (unpaired) electrons. The van der Waals surface area contributed by atoms with E-state index in [2.05, 4.69) is 30.4 Å². The van der Waals surface area contributed by atoms with Crippen molar-refractivity contribution in [2.24, 2.45) is 5.92 Å². The molecule has 1 N–H and O–H groups in total. The number of aryl methyl sites for hydroxylation is 1. The summed E-state index contributed by atoms with van der Waals surface area (Å²) in [5.41, 5.74) is 2.13. The predicted molar refractivity (Wildman–Crippen MR) is 94.5 cm³/mol. The Morgan fingerprint density at radius 3 is 2.69 bits per heavy atom. The van der Waals surface area contributed by atoms with Crippen molar-refractivity contribution < 1.29 is 9.21 Å². The second-order valence-electron chi connectivity index (χ2n) is 6.25. The van der Waals surface area contributed by atoms with Crippen LogP contribution in [0, 0.1) is 12.8 Å². The zero-order valence-electron chi connectivity index (χ0n) is 14.3. The van der Waals surface area contributed by atoms with Gasteiger partial charge in [-0.15, -0.1) is 10.2 Å². The molecule has 0 bridgehead atoms. The standard InChI is InChI=1S/C18H18N6O2/c1-12-21-16(11-26-12)18(25)20-8-13-9-24(10-13)17-3-2-15(22-23-17)14-4-6-19-7-5-14/h2-7,11,13H,8-10H2,1H3,(H,20,25). The number of nitrogens with one attached hydrogen (secondary N) is 1. The first-order valence-electron chi connectivity index (χ1n) is 8.38. The molecule has 3 aromatic rings. The van der Waals surface area contributed by atoms with Crippen LogP contribution in [0.15, 0.2) is 47.3 Å². The molecule has 8 nitrogen and oxygen atoms in total. The normalized spacial score (nSPS) is 14.1. The summed E-state index contributed by atoms with van der Waals surface area (Å²) in [4.78, 5) is 22.1. The number of hydrogen-bond donors (Lipinski definition) is 1. The third-order valence-corrected chi connectivity index (χ3v) is 4.31. The molecule has 3 aromatic heterocycles. The molecule has 0 saturated carbocycles. The number of pyridine rings is 1. The smallest absolute Gasteiger partial charge is 0.273 e. The van der Waals surface area contributed by atoms with Crippen molar-refractivity contribution in [3.05, 3.63) is 54.5 Å². The van der Waals surface area contributed by atoms with Gasteiger partial charge >= 0.3 is 0 Å². The second-order valence-corrected chi connectivity index (χ2v) is 6.25. The molecule has 8 heteroatoms. The summed E-state index contributed by atoms with van der Waals surface area (Å²) in [6.45, 7) is 3.98. The van der Waals surface area contributed by atoms with Gasteiger partial charge in [0.05, 0.1) is 5.69 Å². The highest BCUT2D eigenvalue weighted by atomic mass is 16.3. The van der Waals surface area contributed by atoms with E-state index in [1.165, 1.54) is 6.26 Å². The van der Waals surface area contributed by atoms with Gasteiger partial charge in [-0.2, -0.15) is 0 Å². The van der Waals surface area contributed by atoms with Crippen molar-refractivity contribution in [3.63, 3.8) is 0 Å². The van der Waals surface area contributed by atoms with Crippen LogP contribution in [0.5, 0.6) is 0 Å². The summed E-state index contributed by atoms with van der Waals surface area (Å²) in [6, 6.07) is 7.74. The van der Waals surface area contributed by atoms with Crippen LogP contribution in [0.1, 0.15) is 16.4 Å². The van der Waals surface area contributed by atoms with Gasteiger partial charge in [-0.3, -0.25) is 9.78 Å². The number of amides is 1. The van der Waals surface area contributed by atoms with Crippen LogP contribution in [0.25, 0.3) is 11.3 Å². The fourth-order valence-corrected chi connectivity index (χ4v) is 2.85. The highest BCUT2D eigenvalue weighted by Gasteiger charge is 2.28. The fourth-order valence-electron chi connectivity index (χ4n) is 2.85. The van der Waals surface area contributed by atoms with E-state index in [4.69, 9.17) is 4.42 Å². The minimum Gasteiger partial charge on any atom is -0.448 e. The molecule has 0 atom stereocenters. The van der Waals surface area contributed by atoms with E-state index >= 15 is 0 Å². The molecule has 4 rings (SSSR count). The van der Waals surface area contributed by atoms with Crippen LogP contribution in [0.2, 0.25) is 0 Å². The van der Waals surface area contributed by atoms with Gasteiger partial charge in [-0.05, 0) is 24.3 Å². The largest absolute Gasteiger partial charge is 0.448 e. The molecule has 0 spiro atoms. The first-order chi connectivity index (χ1) is 12.7. The maximum atomic E-state index is 12.0. The minimum absolute atomic E-state index is 0.207. The molecule has 1 saturated heterocycles. The zero-order chi connectivity index (χ0) is 17.9. The lowest BCUT2D eigenvalue weighted by Gasteiger charge is -2.39. The molecule has 1 amide bonds. The maximum Gasteiger partial charge on any atom is 0.273 e. The first-order valence-corrected chi connectivity index (χ1v) is 8.38. The lowest BCUT2D eigenvalue weighted by atomic mass is 10.00. The molecule has 4 heterocycles. The average molecular weight is 350 g/mol. The number of carbonyl (C=O) groups excluding carboxylic acids is 1. The van der Waals surface area contributed by atoms with E-state index in [-0.39, 0.29) is 5.91 Å². The van der Waals surface area contributed by atoms with Gasteiger partial charge in [0.25, 0.3) is 5.91 Å². The number of nitrogens with zero attached hydrogens (tertiary/aromatic N) is 5. The lowest BCUT2D eigenvalue weighted by Crippen LogP contribution is -2.52. The summed E-state index contributed by atoms with van der Waals surface area (Å²) in [6.07, 6.45) is 4.84. The number of aromatic nitrogens is 4. The Morgan fingerprint density at radius 1 is 1.23 bits per heavy atom. The van der Waals surface area contributed by atoms with Crippen molar-refractivity contribution in [1.29, 1.82) is 0 Å². The summed E-state index contributed by atoms with van der Waals surface area (Å²) < 4.78 is 5.05. The van der Waals surface area contributed by atoms with Gasteiger partial charge in [-0.25, -0.2) is 4.98 Å². The zero-order valence-corrected chi connectivity index (χ0v) is 14.3. The average Bonchev–Trinajstić information content (AvgIpc) is 3.08. The topological polar surface area (TPSA) is 97.0 Å². The highest BCUT2D eigenvalue weighted by Crippen LogP contribution is 2.23. The Kier molecular flexibility index (Phi) is 4.30. The second kappa shape index (κ2) is 6.91. The summed E-state index contributed by atoms with van der Waals surface area (Å²) in [5.74, 6) is 1.51.